The molecule has 0 aliphatic rings. The highest BCUT2D eigenvalue weighted by molar-refractivity contribution is 9.10. The molecular formula is C10H14BrN7O. The Bertz CT molecular complexity index is 598. The molecule has 0 radical (unpaired) electrons. The van der Waals surface area contributed by atoms with Crippen molar-refractivity contribution in [3.8, 4) is 12.0 Å². The van der Waals surface area contributed by atoms with Gasteiger partial charge in [-0.1, -0.05) is 0 Å². The second-order valence-electron chi connectivity index (χ2n) is 3.72. The third-order valence-corrected chi connectivity index (χ3v) is 3.55. The van der Waals surface area contributed by atoms with Crippen LogP contribution in [0, 0.1) is 13.8 Å². The van der Waals surface area contributed by atoms with Gasteiger partial charge in [0, 0.05) is 0 Å². The molecule has 8 nitrogen and oxygen atoms in total. The Labute approximate surface area is 118 Å². The van der Waals surface area contributed by atoms with E-state index in [1.54, 1.807) is 4.68 Å². The van der Waals surface area contributed by atoms with Crippen LogP contribution in [0.4, 0.5) is 5.95 Å². The van der Waals surface area contributed by atoms with Gasteiger partial charge in [0.25, 0.3) is 5.95 Å². The fourth-order valence-corrected chi connectivity index (χ4v) is 1.76. The van der Waals surface area contributed by atoms with Gasteiger partial charge in [0.1, 0.15) is 0 Å². The smallest absolute Gasteiger partial charge is 0.323 e. The number of nitrogens with two attached hydrogens (primary N) is 1. The lowest BCUT2D eigenvalue weighted by Crippen LogP contribution is -2.15. The van der Waals surface area contributed by atoms with Crippen LogP contribution < -0.4 is 16.0 Å². The maximum absolute atomic E-state index is 5.34. The van der Waals surface area contributed by atoms with Crippen LogP contribution >= 0.6 is 15.9 Å². The largest absolute Gasteiger partial charge is 0.464 e. The number of hydrogen-bond donors (Lipinski definition) is 2. The molecule has 0 spiro atoms. The van der Waals surface area contributed by atoms with E-state index in [4.69, 9.17) is 10.6 Å². The second-order valence-corrected chi connectivity index (χ2v) is 4.51. The van der Waals surface area contributed by atoms with Crippen molar-refractivity contribution in [2.24, 2.45) is 5.84 Å². The highest BCUT2D eigenvalue weighted by Gasteiger charge is 2.15. The first-order valence-electron chi connectivity index (χ1n) is 5.64. The third-order valence-electron chi connectivity index (χ3n) is 2.40. The van der Waals surface area contributed by atoms with E-state index in [9.17, 15) is 0 Å². The topological polar surface area (TPSA) is 104 Å². The Morgan fingerprint density at radius 2 is 2.05 bits per heavy atom. The molecule has 2 aromatic rings. The summed E-state index contributed by atoms with van der Waals surface area (Å²) in [6, 6.07) is 0.198. The van der Waals surface area contributed by atoms with Crippen molar-refractivity contribution < 1.29 is 4.74 Å². The summed E-state index contributed by atoms with van der Waals surface area (Å²) in [5.74, 6) is 5.90. The number of aryl methyl sites for hydroxylation is 1. The van der Waals surface area contributed by atoms with Gasteiger partial charge in [-0.2, -0.15) is 20.1 Å². The Kier molecular flexibility index (Phi) is 3.96. The van der Waals surface area contributed by atoms with Gasteiger partial charge in [-0.15, -0.1) is 0 Å². The molecule has 0 aliphatic carbocycles. The summed E-state index contributed by atoms with van der Waals surface area (Å²) in [7, 11) is 0. The van der Waals surface area contributed by atoms with Gasteiger partial charge in [-0.05, 0) is 36.7 Å². The maximum Gasteiger partial charge on any atom is 0.323 e. The van der Waals surface area contributed by atoms with Crippen LogP contribution in [0.3, 0.4) is 0 Å². The molecule has 0 fully saturated rings. The summed E-state index contributed by atoms with van der Waals surface area (Å²) in [5, 5.41) is 4.35. The lowest BCUT2D eigenvalue weighted by molar-refractivity contribution is 0.311. The number of hydrazine groups is 1. The standard InChI is InChI=1S/C10H14BrN7O/c1-4-19-10-14-8(16-12)13-9(15-10)18-6(3)7(11)5(2)17-18/h4,12H2,1-3H3,(H,13,14,15,16). The molecule has 2 rings (SSSR count). The number of nitrogen functional groups attached to an aromatic ring is 1. The second kappa shape index (κ2) is 5.49. The van der Waals surface area contributed by atoms with Crippen LogP contribution in [0.25, 0.3) is 5.95 Å². The number of halogens is 1. The zero-order valence-electron chi connectivity index (χ0n) is 10.8. The van der Waals surface area contributed by atoms with Crippen LogP contribution in [-0.4, -0.2) is 31.3 Å². The quantitative estimate of drug-likeness (QED) is 0.640. The van der Waals surface area contributed by atoms with Crippen LogP contribution in [0.2, 0.25) is 0 Å². The Balaban J connectivity index is 2.54. The highest BCUT2D eigenvalue weighted by atomic mass is 79.9. The van der Waals surface area contributed by atoms with Gasteiger partial charge in [-0.3, -0.25) is 5.43 Å². The molecule has 19 heavy (non-hydrogen) atoms. The predicted octanol–water partition coefficient (Wildman–Crippen LogP) is 1.12. The fraction of sp³-hybridized carbons (Fsp3) is 0.400. The van der Waals surface area contributed by atoms with Gasteiger partial charge in [0.2, 0.25) is 5.95 Å². The van der Waals surface area contributed by atoms with Gasteiger partial charge in [0.15, 0.2) is 0 Å². The normalized spacial score (nSPS) is 10.6. The summed E-state index contributed by atoms with van der Waals surface area (Å²) in [4.78, 5) is 12.3. The van der Waals surface area contributed by atoms with Gasteiger partial charge < -0.3 is 4.74 Å². The number of anilines is 1. The molecule has 0 unspecified atom stereocenters. The van der Waals surface area contributed by atoms with Crippen LogP contribution in [-0.2, 0) is 0 Å². The van der Waals surface area contributed by atoms with Crippen LogP contribution in [0.15, 0.2) is 4.47 Å². The van der Waals surface area contributed by atoms with E-state index >= 15 is 0 Å². The molecule has 102 valence electrons. The monoisotopic (exact) mass is 327 g/mol. The summed E-state index contributed by atoms with van der Waals surface area (Å²) >= 11 is 3.46. The zero-order valence-corrected chi connectivity index (χ0v) is 12.4. The van der Waals surface area contributed by atoms with Crippen molar-refractivity contribution in [3.63, 3.8) is 0 Å². The molecule has 0 amide bonds. The molecule has 0 aromatic carbocycles. The number of rotatable bonds is 4. The molecule has 0 saturated carbocycles. The van der Waals surface area contributed by atoms with Crippen molar-refractivity contribution in [2.45, 2.75) is 20.8 Å². The Morgan fingerprint density at radius 1 is 1.32 bits per heavy atom. The number of aromatic nitrogens is 5. The Hall–Kier alpha value is -1.74. The Morgan fingerprint density at radius 3 is 2.58 bits per heavy atom. The summed E-state index contributed by atoms with van der Waals surface area (Å²) in [5.41, 5.74) is 4.11. The highest BCUT2D eigenvalue weighted by Crippen LogP contribution is 2.22. The SMILES string of the molecule is CCOc1nc(NN)nc(-n2nc(C)c(Br)c2C)n1. The van der Waals surface area contributed by atoms with Crippen LogP contribution in [0.5, 0.6) is 6.01 Å². The van der Waals surface area contributed by atoms with Gasteiger partial charge >= 0.3 is 6.01 Å². The molecular weight excluding hydrogens is 314 g/mol. The average molecular weight is 328 g/mol. The number of nitrogens with zero attached hydrogens (tertiary/aromatic N) is 5. The minimum Gasteiger partial charge on any atom is -0.464 e. The van der Waals surface area contributed by atoms with Gasteiger partial charge in [-0.25, -0.2) is 10.5 Å². The molecule has 0 atom stereocenters. The number of ether oxygens (including phenoxy) is 1. The van der Waals surface area contributed by atoms with Gasteiger partial charge in [0.05, 0.1) is 22.5 Å². The first-order chi connectivity index (χ1) is 9.06. The molecule has 2 aromatic heterocycles. The van der Waals surface area contributed by atoms with Crippen molar-refractivity contribution >= 4 is 21.9 Å². The predicted molar refractivity (Wildman–Crippen MR) is 73.1 cm³/mol. The van der Waals surface area contributed by atoms with Crippen LogP contribution in [0.1, 0.15) is 18.3 Å². The van der Waals surface area contributed by atoms with Crippen molar-refractivity contribution in [1.82, 2.24) is 24.7 Å². The number of hydrogen-bond acceptors (Lipinski definition) is 7. The lowest BCUT2D eigenvalue weighted by atomic mass is 10.4. The number of nitrogens with one attached hydrogen (secondary N) is 1. The van der Waals surface area contributed by atoms with E-state index in [0.29, 0.717) is 12.6 Å². The minimum absolute atomic E-state index is 0.198. The fourth-order valence-electron chi connectivity index (χ4n) is 1.52. The molecule has 9 heteroatoms. The molecule has 3 N–H and O–H groups in total. The molecule has 0 bridgehead atoms. The van der Waals surface area contributed by atoms with Crippen molar-refractivity contribution in [3.05, 3.63) is 15.9 Å². The van der Waals surface area contributed by atoms with E-state index in [-0.39, 0.29) is 12.0 Å². The molecule has 2 heterocycles. The first kappa shape index (κ1) is 13.7. The van der Waals surface area contributed by atoms with E-state index in [0.717, 1.165) is 15.9 Å². The lowest BCUT2D eigenvalue weighted by Gasteiger charge is -2.07. The molecule has 0 saturated heterocycles. The summed E-state index contributed by atoms with van der Waals surface area (Å²) in [6.07, 6.45) is 0. The third kappa shape index (κ3) is 2.66. The zero-order chi connectivity index (χ0) is 14.0. The van der Waals surface area contributed by atoms with E-state index in [2.05, 4.69) is 41.4 Å². The first-order valence-corrected chi connectivity index (χ1v) is 6.43. The van der Waals surface area contributed by atoms with E-state index in [1.165, 1.54) is 0 Å². The van der Waals surface area contributed by atoms with Crippen molar-refractivity contribution in [1.29, 1.82) is 0 Å². The minimum atomic E-state index is 0.198. The van der Waals surface area contributed by atoms with Crippen molar-refractivity contribution in [2.75, 3.05) is 12.0 Å². The average Bonchev–Trinajstić information content (AvgIpc) is 2.66. The summed E-state index contributed by atoms with van der Waals surface area (Å²) < 4.78 is 7.79. The molecule has 0 aliphatic heterocycles. The van der Waals surface area contributed by atoms with E-state index in [1.807, 2.05) is 20.8 Å². The maximum atomic E-state index is 5.34. The van der Waals surface area contributed by atoms with E-state index < -0.39 is 0 Å². The summed E-state index contributed by atoms with van der Waals surface area (Å²) in [6.45, 7) is 6.09.